The van der Waals surface area contributed by atoms with Crippen molar-refractivity contribution in [2.75, 3.05) is 0 Å². The fourth-order valence-corrected chi connectivity index (χ4v) is 4.38. The van der Waals surface area contributed by atoms with Crippen molar-refractivity contribution in [3.63, 3.8) is 0 Å². The predicted octanol–water partition coefficient (Wildman–Crippen LogP) is 6.29. The molecule has 0 spiro atoms. The Hall–Kier alpha value is -2.69. The number of aromatic amines is 1. The van der Waals surface area contributed by atoms with Crippen molar-refractivity contribution >= 4 is 22.2 Å². The first-order valence-corrected chi connectivity index (χ1v) is 10.1. The van der Waals surface area contributed by atoms with Crippen molar-refractivity contribution in [1.29, 1.82) is 0 Å². The Morgan fingerprint density at radius 2 is 1.96 bits per heavy atom. The van der Waals surface area contributed by atoms with Crippen molar-refractivity contribution in [2.24, 2.45) is 10.9 Å². The average molecular weight is 378 g/mol. The van der Waals surface area contributed by atoms with E-state index in [0.29, 0.717) is 11.4 Å². The van der Waals surface area contributed by atoms with Crippen LogP contribution in [0.15, 0.2) is 35.3 Å². The van der Waals surface area contributed by atoms with Gasteiger partial charge in [-0.1, -0.05) is 26.0 Å². The van der Waals surface area contributed by atoms with Crippen LogP contribution in [0.4, 0.5) is 4.39 Å². The largest absolute Gasteiger partial charge is 0.342 e. The summed E-state index contributed by atoms with van der Waals surface area (Å²) in [6.45, 7) is 10.5. The summed E-state index contributed by atoms with van der Waals surface area (Å²) in [7, 11) is 0. The highest BCUT2D eigenvalue weighted by Gasteiger charge is 2.24. The Balaban J connectivity index is 2.05. The molecule has 0 amide bonds. The monoisotopic (exact) mass is 378 g/mol. The first kappa shape index (κ1) is 18.7. The first-order chi connectivity index (χ1) is 13.4. The van der Waals surface area contributed by atoms with Crippen LogP contribution in [0.5, 0.6) is 0 Å². The van der Waals surface area contributed by atoms with Crippen molar-refractivity contribution in [3.8, 4) is 11.4 Å². The molecule has 0 radical (unpaired) electrons. The minimum Gasteiger partial charge on any atom is -0.342 e. The number of aliphatic imine (C=N–C) groups is 1. The van der Waals surface area contributed by atoms with Gasteiger partial charge in [-0.15, -0.1) is 0 Å². The maximum absolute atomic E-state index is 14.7. The van der Waals surface area contributed by atoms with Gasteiger partial charge in [-0.2, -0.15) is 0 Å². The number of aromatic nitrogens is 3. The summed E-state index contributed by atoms with van der Waals surface area (Å²) in [5.74, 6) is 1.08. The molecular weight excluding hydrogens is 351 g/mol. The van der Waals surface area contributed by atoms with Gasteiger partial charge in [-0.05, 0) is 63.3 Å². The smallest absolute Gasteiger partial charge is 0.147 e. The van der Waals surface area contributed by atoms with Crippen LogP contribution in [-0.4, -0.2) is 20.2 Å². The molecule has 0 aliphatic carbocycles. The zero-order valence-electron chi connectivity index (χ0n) is 17.2. The number of allylic oxidation sites excluding steroid dienone is 2. The summed E-state index contributed by atoms with van der Waals surface area (Å²) in [6, 6.07) is 7.22. The van der Waals surface area contributed by atoms with Crippen molar-refractivity contribution in [3.05, 3.63) is 47.7 Å². The third-order valence-corrected chi connectivity index (χ3v) is 5.77. The number of aryl methyl sites for hydroxylation is 1. The molecule has 3 heterocycles. The Morgan fingerprint density at radius 1 is 1.21 bits per heavy atom. The Morgan fingerprint density at radius 3 is 2.68 bits per heavy atom. The lowest BCUT2D eigenvalue weighted by atomic mass is 9.92. The van der Waals surface area contributed by atoms with Crippen molar-refractivity contribution < 1.29 is 4.39 Å². The van der Waals surface area contributed by atoms with E-state index < -0.39 is 0 Å². The van der Waals surface area contributed by atoms with Gasteiger partial charge in [-0.25, -0.2) is 9.37 Å². The molecule has 1 atom stereocenters. The predicted molar refractivity (Wildman–Crippen MR) is 114 cm³/mol. The molecule has 2 bridgehead atoms. The van der Waals surface area contributed by atoms with Gasteiger partial charge in [0.05, 0.1) is 11.2 Å². The number of H-pyrrole nitrogens is 1. The van der Waals surface area contributed by atoms with E-state index in [4.69, 9.17) is 9.98 Å². The van der Waals surface area contributed by atoms with E-state index in [9.17, 15) is 4.39 Å². The molecule has 3 aromatic rings. The first-order valence-electron chi connectivity index (χ1n) is 10.1. The van der Waals surface area contributed by atoms with E-state index in [1.54, 1.807) is 6.07 Å². The molecule has 146 valence electrons. The SMILES string of the molecule is CCC(CC)/C1=C/C(C)=N/C(C)n2c(cc3cccc(F)c32)-c2nc1[nH]c2C. The molecule has 2 aromatic heterocycles. The minimum absolute atomic E-state index is 0.234. The fourth-order valence-electron chi connectivity index (χ4n) is 4.38. The van der Waals surface area contributed by atoms with Gasteiger partial charge in [-0.3, -0.25) is 4.99 Å². The molecule has 1 aromatic carbocycles. The van der Waals surface area contributed by atoms with E-state index in [-0.39, 0.29) is 12.0 Å². The topological polar surface area (TPSA) is 46.0 Å². The number of benzene rings is 1. The van der Waals surface area contributed by atoms with Crippen LogP contribution in [0.3, 0.4) is 0 Å². The molecule has 1 unspecified atom stereocenters. The lowest BCUT2D eigenvalue weighted by Crippen LogP contribution is -2.10. The van der Waals surface area contributed by atoms with Gasteiger partial charge in [0, 0.05) is 16.8 Å². The maximum Gasteiger partial charge on any atom is 0.147 e. The van der Waals surface area contributed by atoms with Crippen molar-refractivity contribution in [2.45, 2.75) is 53.6 Å². The van der Waals surface area contributed by atoms with Gasteiger partial charge in [0.15, 0.2) is 0 Å². The molecule has 1 aliphatic heterocycles. The zero-order valence-corrected chi connectivity index (χ0v) is 17.2. The molecule has 28 heavy (non-hydrogen) atoms. The number of para-hydroxylation sites is 1. The van der Waals surface area contributed by atoms with E-state index in [1.165, 1.54) is 11.6 Å². The highest BCUT2D eigenvalue weighted by molar-refractivity contribution is 5.99. The lowest BCUT2D eigenvalue weighted by Gasteiger charge is -2.19. The normalized spacial score (nSPS) is 20.6. The van der Waals surface area contributed by atoms with Crippen LogP contribution in [-0.2, 0) is 0 Å². The van der Waals surface area contributed by atoms with Gasteiger partial charge < -0.3 is 9.55 Å². The molecule has 4 rings (SSSR count). The Labute approximate surface area is 165 Å². The summed E-state index contributed by atoms with van der Waals surface area (Å²) >= 11 is 0. The number of rotatable bonds is 3. The van der Waals surface area contributed by atoms with E-state index in [0.717, 1.165) is 46.8 Å². The van der Waals surface area contributed by atoms with Crippen LogP contribution in [0.2, 0.25) is 0 Å². The van der Waals surface area contributed by atoms with Crippen molar-refractivity contribution in [1.82, 2.24) is 14.5 Å². The Bertz CT molecular complexity index is 1100. The van der Waals surface area contributed by atoms with E-state index in [1.807, 2.05) is 37.5 Å². The van der Waals surface area contributed by atoms with Crippen LogP contribution in [0.1, 0.15) is 58.2 Å². The summed E-state index contributed by atoms with van der Waals surface area (Å²) in [6.07, 6.45) is 4.00. The minimum atomic E-state index is -0.235. The van der Waals surface area contributed by atoms with Crippen LogP contribution in [0.25, 0.3) is 27.9 Å². The molecule has 0 saturated carbocycles. The third kappa shape index (κ3) is 2.89. The second-order valence-corrected chi connectivity index (χ2v) is 7.65. The quantitative estimate of drug-likeness (QED) is 0.572. The molecule has 1 N–H and O–H groups in total. The Kier molecular flexibility index (Phi) is 4.69. The number of hydrogen-bond acceptors (Lipinski definition) is 2. The molecule has 1 aliphatic rings. The number of imidazole rings is 1. The van der Waals surface area contributed by atoms with Gasteiger partial charge in [0.2, 0.25) is 0 Å². The van der Waals surface area contributed by atoms with Crippen LogP contribution in [0, 0.1) is 18.7 Å². The maximum atomic E-state index is 14.7. The van der Waals surface area contributed by atoms with E-state index in [2.05, 4.69) is 24.9 Å². The number of hydrogen-bond donors (Lipinski definition) is 1. The molecule has 0 fully saturated rings. The summed E-state index contributed by atoms with van der Waals surface area (Å²) in [5.41, 5.74) is 5.46. The summed E-state index contributed by atoms with van der Waals surface area (Å²) in [5, 5.41) is 0.867. The summed E-state index contributed by atoms with van der Waals surface area (Å²) < 4.78 is 16.7. The average Bonchev–Trinajstić information content (AvgIpc) is 3.22. The van der Waals surface area contributed by atoms with Gasteiger partial charge in [0.1, 0.15) is 23.5 Å². The second-order valence-electron chi connectivity index (χ2n) is 7.65. The third-order valence-electron chi connectivity index (χ3n) is 5.77. The summed E-state index contributed by atoms with van der Waals surface area (Å²) in [4.78, 5) is 13.4. The molecule has 4 nitrogen and oxygen atoms in total. The fraction of sp³-hybridized carbons (Fsp3) is 0.391. The highest BCUT2D eigenvalue weighted by atomic mass is 19.1. The van der Waals surface area contributed by atoms with Crippen LogP contribution < -0.4 is 0 Å². The molecule has 5 heteroatoms. The second kappa shape index (κ2) is 7.04. The number of halogens is 1. The highest BCUT2D eigenvalue weighted by Crippen LogP contribution is 2.37. The number of nitrogens with one attached hydrogen (secondary N) is 1. The number of nitrogens with zero attached hydrogens (tertiary/aromatic N) is 3. The van der Waals surface area contributed by atoms with Gasteiger partial charge >= 0.3 is 0 Å². The van der Waals surface area contributed by atoms with E-state index >= 15 is 0 Å². The lowest BCUT2D eigenvalue weighted by molar-refractivity contribution is 0.575. The van der Waals surface area contributed by atoms with Crippen LogP contribution >= 0.6 is 0 Å². The number of fused-ring (bicyclic) bond motifs is 6. The molecule has 0 saturated heterocycles. The zero-order chi connectivity index (χ0) is 20.0. The standard InChI is InChI=1S/C23H27FN4/c1-6-16(7-2)18-11-13(3)25-15(5)28-20(21-14(4)26-23(18)27-21)12-17-9-8-10-19(24)22(17)28/h8-12,15-16H,6-7H2,1-5H3,(H,26,27)/b18-11-,25-13+. The van der Waals surface area contributed by atoms with Gasteiger partial charge in [0.25, 0.3) is 0 Å². The molecular formula is C23H27FN4.